The predicted molar refractivity (Wildman–Crippen MR) is 106 cm³/mol. The lowest BCUT2D eigenvalue weighted by Crippen LogP contribution is -2.29. The van der Waals surface area contributed by atoms with Gasteiger partial charge in [-0.15, -0.1) is 0 Å². The molecule has 0 aliphatic heterocycles. The number of rotatable bonds is 6. The average Bonchev–Trinajstić information content (AvgIpc) is 2.71. The van der Waals surface area contributed by atoms with Crippen LogP contribution in [0.3, 0.4) is 0 Å². The van der Waals surface area contributed by atoms with Crippen LogP contribution >= 0.6 is 0 Å². The lowest BCUT2D eigenvalue weighted by atomic mass is 10.0. The summed E-state index contributed by atoms with van der Waals surface area (Å²) in [5.74, 6) is -0.565. The Morgan fingerprint density at radius 1 is 1.06 bits per heavy atom. The van der Waals surface area contributed by atoms with Crippen LogP contribution in [0, 0.1) is 0 Å². The standard InChI is InChI=1S/C20H16F3N3O4S/c1-31(28,29)26-19(27)14-4-2-13(3-5-14)12-30-18-7-6-16(20(21,22)23)10-17(18)15-8-9-24-25-11-15/h2-11H,12H2,1H3,(H,26,27). The van der Waals surface area contributed by atoms with Crippen molar-refractivity contribution in [2.24, 2.45) is 0 Å². The zero-order valence-electron chi connectivity index (χ0n) is 16.1. The molecule has 0 fully saturated rings. The maximum absolute atomic E-state index is 13.1. The molecule has 31 heavy (non-hydrogen) atoms. The first-order chi connectivity index (χ1) is 14.5. The van der Waals surface area contributed by atoms with E-state index in [9.17, 15) is 26.4 Å². The van der Waals surface area contributed by atoms with Crippen LogP contribution in [0.5, 0.6) is 5.75 Å². The summed E-state index contributed by atoms with van der Waals surface area (Å²) in [7, 11) is -3.69. The van der Waals surface area contributed by atoms with E-state index in [1.807, 2.05) is 4.72 Å². The second-order valence-corrected chi connectivity index (χ2v) is 8.28. The van der Waals surface area contributed by atoms with Gasteiger partial charge >= 0.3 is 6.18 Å². The highest BCUT2D eigenvalue weighted by molar-refractivity contribution is 7.89. The molecule has 1 amide bonds. The SMILES string of the molecule is CS(=O)(=O)NC(=O)c1ccc(COc2ccc(C(F)(F)F)cc2-c2ccnnc2)cc1. The highest BCUT2D eigenvalue weighted by atomic mass is 32.2. The fraction of sp³-hybridized carbons (Fsp3) is 0.150. The molecule has 1 N–H and O–H groups in total. The second-order valence-electron chi connectivity index (χ2n) is 6.53. The van der Waals surface area contributed by atoms with Crippen molar-refractivity contribution in [3.8, 4) is 16.9 Å². The van der Waals surface area contributed by atoms with Crippen LogP contribution in [0.4, 0.5) is 13.2 Å². The van der Waals surface area contributed by atoms with Crippen LogP contribution < -0.4 is 9.46 Å². The van der Waals surface area contributed by atoms with Crippen LogP contribution in [0.15, 0.2) is 60.9 Å². The molecule has 1 aromatic heterocycles. The van der Waals surface area contributed by atoms with Crippen LogP contribution in [0.25, 0.3) is 11.1 Å². The van der Waals surface area contributed by atoms with E-state index < -0.39 is 27.7 Å². The summed E-state index contributed by atoms with van der Waals surface area (Å²) in [6.07, 6.45) is -0.958. The van der Waals surface area contributed by atoms with Gasteiger partial charge in [0.15, 0.2) is 0 Å². The van der Waals surface area contributed by atoms with Crippen molar-refractivity contribution in [1.29, 1.82) is 0 Å². The second kappa shape index (κ2) is 8.72. The Morgan fingerprint density at radius 2 is 1.77 bits per heavy atom. The van der Waals surface area contributed by atoms with Gasteiger partial charge in [0.1, 0.15) is 12.4 Å². The summed E-state index contributed by atoms with van der Waals surface area (Å²) in [5.41, 5.74) is 0.535. The highest BCUT2D eigenvalue weighted by Gasteiger charge is 2.31. The quantitative estimate of drug-likeness (QED) is 0.617. The number of nitrogens with one attached hydrogen (secondary N) is 1. The summed E-state index contributed by atoms with van der Waals surface area (Å²) >= 11 is 0. The Kier molecular flexibility index (Phi) is 6.25. The number of nitrogens with zero attached hydrogens (tertiary/aromatic N) is 2. The van der Waals surface area contributed by atoms with E-state index >= 15 is 0 Å². The number of hydrogen-bond acceptors (Lipinski definition) is 6. The van der Waals surface area contributed by atoms with Gasteiger partial charge in [-0.25, -0.2) is 13.1 Å². The predicted octanol–water partition coefficient (Wildman–Crippen LogP) is 3.43. The number of amides is 1. The summed E-state index contributed by atoms with van der Waals surface area (Å²) in [6.45, 7) is 0.00481. The van der Waals surface area contributed by atoms with Gasteiger partial charge < -0.3 is 4.74 Å². The monoisotopic (exact) mass is 451 g/mol. The van der Waals surface area contributed by atoms with Gasteiger partial charge in [-0.05, 0) is 42.0 Å². The summed E-state index contributed by atoms with van der Waals surface area (Å²) in [5, 5.41) is 7.32. The topological polar surface area (TPSA) is 98.2 Å². The van der Waals surface area contributed by atoms with Crippen LogP contribution in [0.2, 0.25) is 0 Å². The number of alkyl halides is 3. The number of ether oxygens (including phenoxy) is 1. The number of benzene rings is 2. The molecule has 1 heterocycles. The van der Waals surface area contributed by atoms with E-state index in [1.165, 1.54) is 36.7 Å². The van der Waals surface area contributed by atoms with Gasteiger partial charge in [0.2, 0.25) is 10.0 Å². The van der Waals surface area contributed by atoms with E-state index in [-0.39, 0.29) is 23.5 Å². The first-order valence-corrected chi connectivity index (χ1v) is 10.6. The van der Waals surface area contributed by atoms with Gasteiger partial charge in [-0.2, -0.15) is 23.4 Å². The van der Waals surface area contributed by atoms with Crippen molar-refractivity contribution in [3.05, 3.63) is 77.6 Å². The third kappa shape index (κ3) is 6.01. The Morgan fingerprint density at radius 3 is 2.35 bits per heavy atom. The first-order valence-electron chi connectivity index (χ1n) is 8.75. The lowest BCUT2D eigenvalue weighted by Gasteiger charge is -2.15. The van der Waals surface area contributed by atoms with Crippen LogP contribution in [-0.2, 0) is 22.8 Å². The van der Waals surface area contributed by atoms with Gasteiger partial charge in [0.25, 0.3) is 5.91 Å². The third-order valence-electron chi connectivity index (χ3n) is 4.09. The number of sulfonamides is 1. The molecule has 0 radical (unpaired) electrons. The molecule has 0 saturated carbocycles. The van der Waals surface area contributed by atoms with Crippen molar-refractivity contribution < 1.29 is 31.1 Å². The Balaban J connectivity index is 1.81. The number of carbonyl (C=O) groups excluding carboxylic acids is 1. The van der Waals surface area contributed by atoms with Gasteiger partial charge in [0, 0.05) is 16.7 Å². The average molecular weight is 451 g/mol. The minimum atomic E-state index is -4.52. The molecule has 0 atom stereocenters. The molecule has 2 aromatic carbocycles. The molecule has 3 aromatic rings. The molecular formula is C20H16F3N3O4S. The summed E-state index contributed by atoms with van der Waals surface area (Å²) in [6, 6.07) is 10.6. The fourth-order valence-corrected chi connectivity index (χ4v) is 3.10. The number of hydrogen-bond donors (Lipinski definition) is 1. The number of carbonyl (C=O) groups is 1. The normalized spacial score (nSPS) is 11.7. The molecule has 0 unspecified atom stereocenters. The van der Waals surface area contributed by atoms with Gasteiger partial charge in [-0.1, -0.05) is 12.1 Å². The molecule has 0 bridgehead atoms. The molecule has 0 aliphatic carbocycles. The Labute approximate surface area is 175 Å². The van der Waals surface area contributed by atoms with E-state index in [0.717, 1.165) is 18.4 Å². The minimum Gasteiger partial charge on any atom is -0.488 e. The molecule has 162 valence electrons. The molecular weight excluding hydrogens is 435 g/mol. The number of halogens is 3. The van der Waals surface area contributed by atoms with E-state index in [1.54, 1.807) is 12.1 Å². The van der Waals surface area contributed by atoms with Crippen LogP contribution in [0.1, 0.15) is 21.5 Å². The Bertz CT molecular complexity index is 1180. The molecule has 11 heteroatoms. The first kappa shape index (κ1) is 22.2. The fourth-order valence-electron chi connectivity index (χ4n) is 2.65. The van der Waals surface area contributed by atoms with Crippen LogP contribution in [-0.4, -0.2) is 30.8 Å². The largest absolute Gasteiger partial charge is 0.488 e. The molecule has 0 spiro atoms. The van der Waals surface area contributed by atoms with Gasteiger partial charge in [-0.3, -0.25) is 4.79 Å². The molecule has 3 rings (SSSR count). The molecule has 7 nitrogen and oxygen atoms in total. The van der Waals surface area contributed by atoms with Crippen molar-refractivity contribution in [2.45, 2.75) is 12.8 Å². The maximum atomic E-state index is 13.1. The Hall–Kier alpha value is -3.47. The van der Waals surface area contributed by atoms with Crippen molar-refractivity contribution in [2.75, 3.05) is 6.26 Å². The van der Waals surface area contributed by atoms with Crippen molar-refractivity contribution >= 4 is 15.9 Å². The number of aromatic nitrogens is 2. The highest BCUT2D eigenvalue weighted by Crippen LogP contribution is 2.37. The minimum absolute atomic E-state index is 0.00481. The smallest absolute Gasteiger partial charge is 0.416 e. The molecule has 0 saturated heterocycles. The van der Waals surface area contributed by atoms with Gasteiger partial charge in [0.05, 0.1) is 24.2 Å². The summed E-state index contributed by atoms with van der Waals surface area (Å²) in [4.78, 5) is 11.8. The van der Waals surface area contributed by atoms with Crippen molar-refractivity contribution in [1.82, 2.24) is 14.9 Å². The maximum Gasteiger partial charge on any atom is 0.416 e. The lowest BCUT2D eigenvalue weighted by molar-refractivity contribution is -0.137. The van der Waals surface area contributed by atoms with E-state index in [4.69, 9.17) is 4.74 Å². The van der Waals surface area contributed by atoms with Crippen molar-refractivity contribution in [3.63, 3.8) is 0 Å². The zero-order valence-corrected chi connectivity index (χ0v) is 16.9. The summed E-state index contributed by atoms with van der Waals surface area (Å²) < 4.78 is 69.3. The third-order valence-corrected chi connectivity index (χ3v) is 4.65. The molecule has 0 aliphatic rings. The van der Waals surface area contributed by atoms with E-state index in [0.29, 0.717) is 11.1 Å². The van der Waals surface area contributed by atoms with E-state index in [2.05, 4.69) is 10.2 Å². The zero-order chi connectivity index (χ0) is 22.6.